The summed E-state index contributed by atoms with van der Waals surface area (Å²) in [6.07, 6.45) is 3.99. The molecule has 2 aromatic rings. The fourth-order valence-electron chi connectivity index (χ4n) is 1.85. The third-order valence-corrected chi connectivity index (χ3v) is 4.37. The summed E-state index contributed by atoms with van der Waals surface area (Å²) in [5.74, 6) is -0.462. The van der Waals surface area contributed by atoms with Crippen LogP contribution in [0.4, 0.5) is 0 Å². The molecule has 24 heavy (non-hydrogen) atoms. The lowest BCUT2D eigenvalue weighted by atomic mass is 10.2. The van der Waals surface area contributed by atoms with Gasteiger partial charge in [-0.05, 0) is 35.4 Å². The number of sulfonamides is 1. The van der Waals surface area contributed by atoms with Crippen molar-refractivity contribution in [1.29, 1.82) is 0 Å². The molecule has 1 aromatic carbocycles. The zero-order chi connectivity index (χ0) is 17.6. The van der Waals surface area contributed by atoms with Gasteiger partial charge in [0.05, 0.1) is 12.9 Å². The van der Waals surface area contributed by atoms with Crippen LogP contribution in [0, 0.1) is 0 Å². The summed E-state index contributed by atoms with van der Waals surface area (Å²) in [6.45, 7) is 0. The van der Waals surface area contributed by atoms with Crippen molar-refractivity contribution in [2.45, 2.75) is 5.75 Å². The van der Waals surface area contributed by atoms with Gasteiger partial charge >= 0.3 is 0 Å². The number of carbonyl (C=O) groups excluding carboxylic acids is 1. The average Bonchev–Trinajstić information content (AvgIpc) is 2.54. The molecule has 1 aromatic heterocycles. The first-order valence-corrected chi connectivity index (χ1v) is 8.88. The van der Waals surface area contributed by atoms with E-state index in [1.54, 1.807) is 24.3 Å². The van der Waals surface area contributed by atoms with Crippen LogP contribution in [-0.4, -0.2) is 26.4 Å². The monoisotopic (exact) mass is 366 g/mol. The van der Waals surface area contributed by atoms with E-state index in [1.165, 1.54) is 31.5 Å². The van der Waals surface area contributed by atoms with Gasteiger partial charge in [0, 0.05) is 12.3 Å². The first-order valence-electron chi connectivity index (χ1n) is 6.85. The molecule has 126 valence electrons. The number of rotatable bonds is 6. The van der Waals surface area contributed by atoms with E-state index < -0.39 is 15.9 Å². The van der Waals surface area contributed by atoms with Crippen molar-refractivity contribution >= 4 is 33.6 Å². The van der Waals surface area contributed by atoms with Gasteiger partial charge in [-0.1, -0.05) is 29.8 Å². The molecule has 1 amide bonds. The molecule has 6 nitrogen and oxygen atoms in total. The van der Waals surface area contributed by atoms with Gasteiger partial charge in [-0.2, -0.15) is 0 Å². The Balaban J connectivity index is 1.99. The van der Waals surface area contributed by atoms with Gasteiger partial charge in [0.15, 0.2) is 0 Å². The van der Waals surface area contributed by atoms with Crippen LogP contribution in [0.2, 0.25) is 5.15 Å². The van der Waals surface area contributed by atoms with Gasteiger partial charge in [0.2, 0.25) is 10.0 Å². The molecule has 0 saturated heterocycles. The minimum atomic E-state index is -3.82. The number of methoxy groups -OCH3 is 1. The number of halogens is 1. The summed E-state index contributed by atoms with van der Waals surface area (Å²) in [6, 6.07) is 10.0. The molecule has 0 fully saturated rings. The van der Waals surface area contributed by atoms with Crippen LogP contribution in [-0.2, 0) is 20.6 Å². The van der Waals surface area contributed by atoms with Gasteiger partial charge < -0.3 is 4.74 Å². The summed E-state index contributed by atoms with van der Waals surface area (Å²) in [4.78, 5) is 15.6. The van der Waals surface area contributed by atoms with Crippen LogP contribution in [0.5, 0.6) is 5.75 Å². The number of aromatic nitrogens is 1. The van der Waals surface area contributed by atoms with Crippen molar-refractivity contribution in [2.24, 2.45) is 0 Å². The third-order valence-electron chi connectivity index (χ3n) is 2.92. The number of pyridine rings is 1. The van der Waals surface area contributed by atoms with Crippen molar-refractivity contribution < 1.29 is 17.9 Å². The molecule has 1 heterocycles. The quantitative estimate of drug-likeness (QED) is 0.626. The predicted octanol–water partition coefficient (Wildman–Crippen LogP) is 2.40. The second-order valence-electron chi connectivity index (χ2n) is 4.82. The summed E-state index contributed by atoms with van der Waals surface area (Å²) < 4.78 is 31.0. The van der Waals surface area contributed by atoms with Crippen molar-refractivity contribution in [2.75, 3.05) is 7.11 Å². The molecule has 0 aliphatic heterocycles. The van der Waals surface area contributed by atoms with E-state index in [2.05, 4.69) is 4.98 Å². The first kappa shape index (κ1) is 18.0. The lowest BCUT2D eigenvalue weighted by Gasteiger charge is -2.05. The highest BCUT2D eigenvalue weighted by Gasteiger charge is 2.14. The molecular formula is C16H15ClN2O4S. The molecule has 0 aliphatic carbocycles. The SMILES string of the molecule is COc1cccc(C=CC(=O)NS(=O)(=O)Cc2ccc(Cl)nc2)c1. The number of hydrogen-bond acceptors (Lipinski definition) is 5. The maximum absolute atomic E-state index is 12.0. The highest BCUT2D eigenvalue weighted by molar-refractivity contribution is 7.89. The van der Waals surface area contributed by atoms with Gasteiger partial charge in [-0.25, -0.2) is 18.1 Å². The lowest BCUT2D eigenvalue weighted by molar-refractivity contribution is -0.114. The van der Waals surface area contributed by atoms with E-state index in [-0.39, 0.29) is 10.9 Å². The second-order valence-corrected chi connectivity index (χ2v) is 6.93. The molecule has 0 unspecified atom stereocenters. The average molecular weight is 367 g/mol. The Kier molecular flexibility index (Phi) is 5.94. The highest BCUT2D eigenvalue weighted by atomic mass is 35.5. The van der Waals surface area contributed by atoms with Crippen molar-refractivity contribution in [3.8, 4) is 5.75 Å². The molecule has 8 heteroatoms. The normalized spacial score (nSPS) is 11.4. The summed E-state index contributed by atoms with van der Waals surface area (Å²) in [5.41, 5.74) is 1.14. The molecule has 0 spiro atoms. The van der Waals surface area contributed by atoms with E-state index >= 15 is 0 Å². The fraction of sp³-hybridized carbons (Fsp3) is 0.125. The molecule has 0 atom stereocenters. The van der Waals surface area contributed by atoms with Crippen LogP contribution in [0.3, 0.4) is 0 Å². The Morgan fingerprint density at radius 3 is 2.79 bits per heavy atom. The van der Waals surface area contributed by atoms with Gasteiger partial charge in [0.1, 0.15) is 10.9 Å². The Bertz CT molecular complexity index is 849. The zero-order valence-electron chi connectivity index (χ0n) is 12.8. The third kappa shape index (κ3) is 5.68. The molecular weight excluding hydrogens is 352 g/mol. The van der Waals surface area contributed by atoms with Crippen LogP contribution in [0.1, 0.15) is 11.1 Å². The van der Waals surface area contributed by atoms with Crippen molar-refractivity contribution in [3.05, 3.63) is 65.0 Å². The van der Waals surface area contributed by atoms with Crippen LogP contribution < -0.4 is 9.46 Å². The van der Waals surface area contributed by atoms with Crippen molar-refractivity contribution in [3.63, 3.8) is 0 Å². The van der Waals surface area contributed by atoms with E-state index in [4.69, 9.17) is 16.3 Å². The van der Waals surface area contributed by atoms with Gasteiger partial charge in [-0.15, -0.1) is 0 Å². The number of carbonyl (C=O) groups is 1. The van der Waals surface area contributed by atoms with E-state index in [1.807, 2.05) is 4.72 Å². The van der Waals surface area contributed by atoms with Crippen LogP contribution in [0.15, 0.2) is 48.7 Å². The minimum absolute atomic E-state index is 0.265. The lowest BCUT2D eigenvalue weighted by Crippen LogP contribution is -2.30. The van der Waals surface area contributed by atoms with Crippen molar-refractivity contribution in [1.82, 2.24) is 9.71 Å². The Morgan fingerprint density at radius 1 is 1.33 bits per heavy atom. The number of nitrogens with one attached hydrogen (secondary N) is 1. The molecule has 0 bridgehead atoms. The second kappa shape index (κ2) is 7.94. The molecule has 1 N–H and O–H groups in total. The Labute approximate surface area is 145 Å². The number of amides is 1. The topological polar surface area (TPSA) is 85.4 Å². The van der Waals surface area contributed by atoms with Crippen LogP contribution in [0.25, 0.3) is 6.08 Å². The maximum Gasteiger partial charge on any atom is 0.257 e. The highest BCUT2D eigenvalue weighted by Crippen LogP contribution is 2.13. The minimum Gasteiger partial charge on any atom is -0.497 e. The van der Waals surface area contributed by atoms with E-state index in [0.29, 0.717) is 16.9 Å². The zero-order valence-corrected chi connectivity index (χ0v) is 14.3. The Hall–Kier alpha value is -2.38. The number of hydrogen-bond donors (Lipinski definition) is 1. The Morgan fingerprint density at radius 2 is 2.12 bits per heavy atom. The maximum atomic E-state index is 12.0. The molecule has 0 saturated carbocycles. The van der Waals surface area contributed by atoms with Gasteiger partial charge in [0.25, 0.3) is 5.91 Å². The standard InChI is InChI=1S/C16H15ClN2O4S/c1-23-14-4-2-3-12(9-14)6-8-16(20)19-24(21,22)11-13-5-7-15(17)18-10-13/h2-10H,11H2,1H3,(H,19,20). The fourth-order valence-corrected chi connectivity index (χ4v) is 3.02. The molecule has 0 aliphatic rings. The summed E-state index contributed by atoms with van der Waals surface area (Å²) >= 11 is 5.64. The largest absolute Gasteiger partial charge is 0.497 e. The smallest absolute Gasteiger partial charge is 0.257 e. The first-order chi connectivity index (χ1) is 11.4. The van der Waals surface area contributed by atoms with Crippen LogP contribution >= 0.6 is 11.6 Å². The number of ether oxygens (including phenoxy) is 1. The number of nitrogens with zero attached hydrogens (tertiary/aromatic N) is 1. The molecule has 0 radical (unpaired) electrons. The summed E-state index contributed by atoms with van der Waals surface area (Å²) in [7, 11) is -2.29. The van der Waals surface area contributed by atoms with E-state index in [0.717, 1.165) is 6.08 Å². The van der Waals surface area contributed by atoms with Gasteiger partial charge in [-0.3, -0.25) is 4.79 Å². The predicted molar refractivity (Wildman–Crippen MR) is 92.0 cm³/mol. The summed E-state index contributed by atoms with van der Waals surface area (Å²) in [5, 5.41) is 0.265. The number of benzene rings is 1. The van der Waals surface area contributed by atoms with E-state index in [9.17, 15) is 13.2 Å². The molecule has 2 rings (SSSR count).